The van der Waals surface area contributed by atoms with Gasteiger partial charge in [0.05, 0.1) is 5.84 Å². The molecule has 0 radical (unpaired) electrons. The Hall–Kier alpha value is -0.180. The first-order valence-corrected chi connectivity index (χ1v) is 6.48. The highest BCUT2D eigenvalue weighted by Gasteiger charge is 2.15. The molecular formula is C10H18N2S. The van der Waals surface area contributed by atoms with E-state index in [4.69, 9.17) is 0 Å². The zero-order valence-electron chi connectivity index (χ0n) is 8.09. The molecule has 1 saturated heterocycles. The molecule has 13 heavy (non-hydrogen) atoms. The highest BCUT2D eigenvalue weighted by Crippen LogP contribution is 2.17. The number of nitrogens with zero attached hydrogens (tertiary/aromatic N) is 1. The molecule has 1 N–H and O–H groups in total. The minimum Gasteiger partial charge on any atom is -0.371 e. The Morgan fingerprint density at radius 2 is 2.08 bits per heavy atom. The zero-order chi connectivity index (χ0) is 8.93. The number of hydrogen-bond acceptors (Lipinski definition) is 3. The lowest BCUT2D eigenvalue weighted by atomic mass is 10.1. The average molecular weight is 198 g/mol. The molecule has 2 heterocycles. The summed E-state index contributed by atoms with van der Waals surface area (Å²) in [7, 11) is 0. The molecule has 0 bridgehead atoms. The Morgan fingerprint density at radius 1 is 1.23 bits per heavy atom. The fourth-order valence-corrected chi connectivity index (χ4v) is 3.00. The molecular weight excluding hydrogens is 180 g/mol. The Labute approximate surface area is 84.6 Å². The molecule has 2 aliphatic rings. The summed E-state index contributed by atoms with van der Waals surface area (Å²) < 4.78 is 0. The smallest absolute Gasteiger partial charge is 0.0965 e. The van der Waals surface area contributed by atoms with E-state index >= 15 is 0 Å². The number of amidine groups is 1. The number of hydrogen-bond donors (Lipinski definition) is 1. The van der Waals surface area contributed by atoms with Crippen LogP contribution in [0.5, 0.6) is 0 Å². The van der Waals surface area contributed by atoms with Crippen LogP contribution < -0.4 is 5.32 Å². The summed E-state index contributed by atoms with van der Waals surface area (Å²) in [5.74, 6) is 3.93. The van der Waals surface area contributed by atoms with Crippen LogP contribution in [0.15, 0.2) is 4.99 Å². The van der Waals surface area contributed by atoms with Gasteiger partial charge in [-0.2, -0.15) is 11.8 Å². The Balaban J connectivity index is 1.78. The van der Waals surface area contributed by atoms with Crippen molar-refractivity contribution in [2.75, 3.05) is 18.1 Å². The predicted molar refractivity (Wildman–Crippen MR) is 59.6 cm³/mol. The maximum absolute atomic E-state index is 4.52. The molecule has 0 atom stereocenters. The van der Waals surface area contributed by atoms with Crippen molar-refractivity contribution in [1.82, 2.24) is 5.32 Å². The van der Waals surface area contributed by atoms with E-state index in [1.807, 2.05) is 0 Å². The molecule has 0 aliphatic carbocycles. The first kappa shape index (κ1) is 9.38. The van der Waals surface area contributed by atoms with Crippen molar-refractivity contribution in [3.8, 4) is 0 Å². The van der Waals surface area contributed by atoms with E-state index in [2.05, 4.69) is 22.1 Å². The van der Waals surface area contributed by atoms with Crippen LogP contribution in [0.1, 0.15) is 32.1 Å². The lowest BCUT2D eigenvalue weighted by Crippen LogP contribution is -2.38. The monoisotopic (exact) mass is 198 g/mol. The quantitative estimate of drug-likeness (QED) is 0.697. The van der Waals surface area contributed by atoms with Gasteiger partial charge in [-0.05, 0) is 37.2 Å². The van der Waals surface area contributed by atoms with Crippen molar-refractivity contribution < 1.29 is 0 Å². The molecule has 0 aromatic heterocycles. The summed E-state index contributed by atoms with van der Waals surface area (Å²) in [5, 5.41) is 3.59. The lowest BCUT2D eigenvalue weighted by Gasteiger charge is -2.25. The van der Waals surface area contributed by atoms with Crippen LogP contribution in [0.3, 0.4) is 0 Å². The van der Waals surface area contributed by atoms with Gasteiger partial charge in [0.25, 0.3) is 0 Å². The molecule has 2 nitrogen and oxygen atoms in total. The van der Waals surface area contributed by atoms with Crippen LogP contribution >= 0.6 is 11.8 Å². The summed E-state index contributed by atoms with van der Waals surface area (Å²) in [6.07, 6.45) is 6.44. The first-order valence-electron chi connectivity index (χ1n) is 5.33. The summed E-state index contributed by atoms with van der Waals surface area (Å²) in [6, 6.07) is 0.720. The van der Waals surface area contributed by atoms with Crippen molar-refractivity contribution >= 4 is 17.6 Å². The first-order chi connectivity index (χ1) is 6.45. The van der Waals surface area contributed by atoms with Crippen LogP contribution in [-0.2, 0) is 0 Å². The summed E-state index contributed by atoms with van der Waals surface area (Å²) in [4.78, 5) is 4.52. The van der Waals surface area contributed by atoms with E-state index < -0.39 is 0 Å². The van der Waals surface area contributed by atoms with Crippen LogP contribution in [-0.4, -0.2) is 29.9 Å². The van der Waals surface area contributed by atoms with Gasteiger partial charge in [0, 0.05) is 19.0 Å². The second-order valence-corrected chi connectivity index (χ2v) is 5.04. The van der Waals surface area contributed by atoms with E-state index in [-0.39, 0.29) is 0 Å². The summed E-state index contributed by atoms with van der Waals surface area (Å²) in [6.45, 7) is 1.05. The van der Waals surface area contributed by atoms with Gasteiger partial charge in [-0.3, -0.25) is 4.99 Å². The average Bonchev–Trinajstić information content (AvgIpc) is 2.21. The van der Waals surface area contributed by atoms with Gasteiger partial charge < -0.3 is 5.32 Å². The van der Waals surface area contributed by atoms with Crippen molar-refractivity contribution in [2.24, 2.45) is 4.99 Å². The molecule has 0 aromatic rings. The van der Waals surface area contributed by atoms with Gasteiger partial charge in [-0.1, -0.05) is 0 Å². The molecule has 0 spiro atoms. The number of nitrogens with one attached hydrogen (secondary N) is 1. The number of aliphatic imine (C=N–C) groups is 1. The minimum atomic E-state index is 0.720. The molecule has 2 rings (SSSR count). The Kier molecular flexibility index (Phi) is 3.53. The van der Waals surface area contributed by atoms with E-state index in [1.54, 1.807) is 0 Å². The lowest BCUT2D eigenvalue weighted by molar-refractivity contribution is 0.552. The highest BCUT2D eigenvalue weighted by molar-refractivity contribution is 7.99. The topological polar surface area (TPSA) is 24.4 Å². The number of rotatable bonds is 1. The van der Waals surface area contributed by atoms with Crippen LogP contribution in [0.25, 0.3) is 0 Å². The molecule has 0 aromatic carbocycles. The maximum Gasteiger partial charge on any atom is 0.0965 e. The van der Waals surface area contributed by atoms with Gasteiger partial charge in [-0.15, -0.1) is 0 Å². The van der Waals surface area contributed by atoms with Crippen LogP contribution in [0.2, 0.25) is 0 Å². The third kappa shape index (κ3) is 2.90. The van der Waals surface area contributed by atoms with Crippen molar-refractivity contribution in [3.63, 3.8) is 0 Å². The summed E-state index contributed by atoms with van der Waals surface area (Å²) in [5.41, 5.74) is 0. The molecule has 0 unspecified atom stereocenters. The van der Waals surface area contributed by atoms with E-state index in [0.29, 0.717) is 0 Å². The third-order valence-corrected chi connectivity index (χ3v) is 3.77. The van der Waals surface area contributed by atoms with Crippen LogP contribution in [0.4, 0.5) is 0 Å². The Morgan fingerprint density at radius 3 is 2.77 bits per heavy atom. The van der Waals surface area contributed by atoms with Gasteiger partial charge in [0.1, 0.15) is 0 Å². The molecule has 0 saturated carbocycles. The maximum atomic E-state index is 4.52. The van der Waals surface area contributed by atoms with Crippen molar-refractivity contribution in [2.45, 2.75) is 38.1 Å². The fraction of sp³-hybridized carbons (Fsp3) is 0.900. The van der Waals surface area contributed by atoms with Gasteiger partial charge in [-0.25, -0.2) is 0 Å². The predicted octanol–water partition coefficient (Wildman–Crippen LogP) is 2.05. The normalized spacial score (nSPS) is 25.4. The highest BCUT2D eigenvalue weighted by atomic mass is 32.2. The molecule has 3 heteroatoms. The Bertz CT molecular complexity index is 185. The minimum absolute atomic E-state index is 0.720. The second kappa shape index (κ2) is 4.89. The fourth-order valence-electron chi connectivity index (χ4n) is 1.89. The molecule has 74 valence electrons. The largest absolute Gasteiger partial charge is 0.371 e. The number of thioether (sulfide) groups is 1. The second-order valence-electron chi connectivity index (χ2n) is 3.82. The van der Waals surface area contributed by atoms with Gasteiger partial charge in [0.2, 0.25) is 0 Å². The van der Waals surface area contributed by atoms with Crippen LogP contribution in [0, 0.1) is 0 Å². The van der Waals surface area contributed by atoms with Crippen molar-refractivity contribution in [1.29, 1.82) is 0 Å². The third-order valence-electron chi connectivity index (χ3n) is 2.72. The van der Waals surface area contributed by atoms with E-state index in [1.165, 1.54) is 49.4 Å². The van der Waals surface area contributed by atoms with E-state index in [0.717, 1.165) is 12.6 Å². The zero-order valence-corrected chi connectivity index (χ0v) is 8.91. The SMILES string of the molecule is C1CCC(NC2CCSCC2)=NC1. The van der Waals surface area contributed by atoms with Gasteiger partial charge in [0.15, 0.2) is 0 Å². The van der Waals surface area contributed by atoms with Gasteiger partial charge >= 0.3 is 0 Å². The summed E-state index contributed by atoms with van der Waals surface area (Å²) >= 11 is 2.08. The molecule has 2 aliphatic heterocycles. The molecule has 0 amide bonds. The van der Waals surface area contributed by atoms with Crippen molar-refractivity contribution in [3.05, 3.63) is 0 Å². The standard InChI is InChI=1S/C10H18N2S/c1-2-6-11-10(3-1)12-9-4-7-13-8-5-9/h9H,1-8H2,(H,11,12). The van der Waals surface area contributed by atoms with E-state index in [9.17, 15) is 0 Å². The molecule has 1 fully saturated rings.